The summed E-state index contributed by atoms with van der Waals surface area (Å²) >= 11 is 6.11. The third-order valence-electron chi connectivity index (χ3n) is 5.42. The van der Waals surface area contributed by atoms with Crippen LogP contribution in [0.3, 0.4) is 0 Å². The smallest absolute Gasteiger partial charge is 0.341 e. The summed E-state index contributed by atoms with van der Waals surface area (Å²) < 4.78 is 13.0. The molecule has 0 amide bonds. The standard InChI is InChI=1S/C30H25ClN2O4/c1-22-20-27(13-14-29(22)37-21-30(34)35)36-19-15-28(25-9-11-26(31)12-10-25)24-7-5-23(6-8-24)4-2-17-33-18-3-16-32-33/h3,5-16,18,20H,17,19,21H2,1H3,(H,34,35)/b28-15+. The molecule has 0 aliphatic rings. The lowest BCUT2D eigenvalue weighted by atomic mass is 9.97. The first-order valence-electron chi connectivity index (χ1n) is 11.6. The van der Waals surface area contributed by atoms with E-state index in [1.165, 1.54) is 0 Å². The molecule has 0 aliphatic heterocycles. The van der Waals surface area contributed by atoms with Crippen molar-refractivity contribution < 1.29 is 19.4 Å². The molecule has 6 nitrogen and oxygen atoms in total. The van der Waals surface area contributed by atoms with Crippen LogP contribution in [0.1, 0.15) is 22.3 Å². The number of aromatic nitrogens is 2. The van der Waals surface area contributed by atoms with Crippen molar-refractivity contribution in [3.8, 4) is 23.3 Å². The molecular formula is C30H25ClN2O4. The Balaban J connectivity index is 1.49. The van der Waals surface area contributed by atoms with E-state index in [0.717, 1.165) is 27.8 Å². The number of carbonyl (C=O) groups is 1. The third kappa shape index (κ3) is 7.50. The minimum absolute atomic E-state index is 0.332. The van der Waals surface area contributed by atoms with Gasteiger partial charge in [0.15, 0.2) is 6.61 Å². The van der Waals surface area contributed by atoms with Crippen LogP contribution in [0.5, 0.6) is 11.5 Å². The molecule has 0 unspecified atom stereocenters. The Bertz CT molecular complexity index is 1430. The number of ether oxygens (including phenoxy) is 2. The largest absolute Gasteiger partial charge is 0.489 e. The van der Waals surface area contributed by atoms with Gasteiger partial charge in [0.25, 0.3) is 0 Å². The summed E-state index contributed by atoms with van der Waals surface area (Å²) in [6, 6.07) is 22.9. The van der Waals surface area contributed by atoms with Crippen LogP contribution >= 0.6 is 11.6 Å². The summed E-state index contributed by atoms with van der Waals surface area (Å²) in [5.41, 5.74) is 4.76. The molecule has 0 radical (unpaired) electrons. The molecule has 0 aliphatic carbocycles. The van der Waals surface area contributed by atoms with E-state index in [1.54, 1.807) is 23.0 Å². The first-order valence-corrected chi connectivity index (χ1v) is 12.0. The number of hydrogen-bond acceptors (Lipinski definition) is 4. The maximum absolute atomic E-state index is 10.7. The number of aryl methyl sites for hydroxylation is 1. The highest BCUT2D eigenvalue weighted by molar-refractivity contribution is 6.30. The molecule has 37 heavy (non-hydrogen) atoms. The molecule has 0 saturated heterocycles. The van der Waals surface area contributed by atoms with Gasteiger partial charge in [-0.2, -0.15) is 5.10 Å². The van der Waals surface area contributed by atoms with Crippen molar-refractivity contribution in [1.82, 2.24) is 9.78 Å². The van der Waals surface area contributed by atoms with Crippen LogP contribution in [0.25, 0.3) is 5.57 Å². The third-order valence-corrected chi connectivity index (χ3v) is 5.67. The van der Waals surface area contributed by atoms with Crippen molar-refractivity contribution in [3.05, 3.63) is 119 Å². The Morgan fingerprint density at radius 3 is 2.43 bits per heavy atom. The minimum Gasteiger partial charge on any atom is -0.489 e. The molecule has 4 aromatic rings. The summed E-state index contributed by atoms with van der Waals surface area (Å²) in [4.78, 5) is 10.7. The van der Waals surface area contributed by atoms with E-state index >= 15 is 0 Å². The molecule has 0 spiro atoms. The van der Waals surface area contributed by atoms with Gasteiger partial charge in [-0.1, -0.05) is 47.7 Å². The molecule has 3 aromatic carbocycles. The first kappa shape index (κ1) is 25.6. The van der Waals surface area contributed by atoms with Crippen LogP contribution in [-0.4, -0.2) is 34.1 Å². The zero-order chi connectivity index (χ0) is 26.0. The van der Waals surface area contributed by atoms with E-state index < -0.39 is 5.97 Å². The van der Waals surface area contributed by atoms with Crippen LogP contribution in [0.2, 0.25) is 5.02 Å². The molecule has 4 rings (SSSR count). The van der Waals surface area contributed by atoms with Crippen molar-refractivity contribution in [1.29, 1.82) is 0 Å². The van der Waals surface area contributed by atoms with Gasteiger partial charge in [0.1, 0.15) is 24.7 Å². The fourth-order valence-electron chi connectivity index (χ4n) is 3.62. The number of rotatable bonds is 9. The van der Waals surface area contributed by atoms with Crippen molar-refractivity contribution in [2.24, 2.45) is 0 Å². The van der Waals surface area contributed by atoms with E-state index in [-0.39, 0.29) is 6.61 Å². The van der Waals surface area contributed by atoms with Crippen molar-refractivity contribution in [2.75, 3.05) is 13.2 Å². The van der Waals surface area contributed by atoms with Crippen molar-refractivity contribution in [2.45, 2.75) is 13.5 Å². The van der Waals surface area contributed by atoms with Gasteiger partial charge < -0.3 is 14.6 Å². The predicted molar refractivity (Wildman–Crippen MR) is 144 cm³/mol. The highest BCUT2D eigenvalue weighted by Crippen LogP contribution is 2.27. The lowest BCUT2D eigenvalue weighted by Gasteiger charge is -2.12. The minimum atomic E-state index is -1.02. The summed E-state index contributed by atoms with van der Waals surface area (Å²) in [6.45, 7) is 2.33. The van der Waals surface area contributed by atoms with Gasteiger partial charge in [-0.25, -0.2) is 4.79 Å². The van der Waals surface area contributed by atoms with Gasteiger partial charge >= 0.3 is 5.97 Å². The van der Waals surface area contributed by atoms with Crippen LogP contribution in [0, 0.1) is 18.8 Å². The number of halogens is 1. The quantitative estimate of drug-likeness (QED) is 0.284. The summed E-state index contributed by atoms with van der Waals surface area (Å²) in [6.07, 6.45) is 5.63. The molecule has 0 bridgehead atoms. The second-order valence-electron chi connectivity index (χ2n) is 8.13. The Hall–Kier alpha value is -4.47. The number of hydrogen-bond donors (Lipinski definition) is 1. The molecule has 0 fully saturated rings. The molecule has 7 heteroatoms. The second kappa shape index (κ2) is 12.5. The molecule has 1 heterocycles. The lowest BCUT2D eigenvalue weighted by molar-refractivity contribution is -0.139. The van der Waals surface area contributed by atoms with Gasteiger partial charge in [-0.15, -0.1) is 0 Å². The van der Waals surface area contributed by atoms with E-state index in [2.05, 4.69) is 16.9 Å². The average Bonchev–Trinajstić information content (AvgIpc) is 3.41. The second-order valence-corrected chi connectivity index (χ2v) is 8.56. The van der Waals surface area contributed by atoms with Crippen LogP contribution < -0.4 is 9.47 Å². The van der Waals surface area contributed by atoms with Crippen LogP contribution in [0.4, 0.5) is 0 Å². The summed E-state index contributed by atoms with van der Waals surface area (Å²) in [5, 5.41) is 13.6. The van der Waals surface area contributed by atoms with Crippen LogP contribution in [-0.2, 0) is 11.3 Å². The van der Waals surface area contributed by atoms with Gasteiger partial charge in [0.05, 0.1) is 0 Å². The maximum Gasteiger partial charge on any atom is 0.341 e. The Kier molecular flexibility index (Phi) is 8.64. The number of aliphatic carboxylic acids is 1. The van der Waals surface area contributed by atoms with E-state index in [0.29, 0.717) is 29.7 Å². The van der Waals surface area contributed by atoms with Crippen LogP contribution in [0.15, 0.2) is 91.3 Å². The Morgan fingerprint density at radius 1 is 1.05 bits per heavy atom. The van der Waals surface area contributed by atoms with Gasteiger partial charge in [-0.3, -0.25) is 4.68 Å². The number of carboxylic acids is 1. The van der Waals surface area contributed by atoms with Crippen molar-refractivity contribution in [3.63, 3.8) is 0 Å². The molecular weight excluding hydrogens is 488 g/mol. The zero-order valence-corrected chi connectivity index (χ0v) is 21.0. The molecule has 186 valence electrons. The highest BCUT2D eigenvalue weighted by Gasteiger charge is 2.07. The Labute approximate surface area is 220 Å². The number of nitrogens with zero attached hydrogens (tertiary/aromatic N) is 2. The Morgan fingerprint density at radius 2 is 1.78 bits per heavy atom. The normalized spacial score (nSPS) is 10.9. The molecule has 0 saturated carbocycles. The average molecular weight is 513 g/mol. The monoisotopic (exact) mass is 512 g/mol. The fourth-order valence-corrected chi connectivity index (χ4v) is 3.74. The highest BCUT2D eigenvalue weighted by atomic mass is 35.5. The van der Waals surface area contributed by atoms with Gasteiger partial charge in [0, 0.05) is 23.0 Å². The van der Waals surface area contributed by atoms with E-state index in [4.69, 9.17) is 26.2 Å². The number of carboxylic acid groups (broad SMARTS) is 1. The first-order chi connectivity index (χ1) is 18.0. The lowest BCUT2D eigenvalue weighted by Crippen LogP contribution is -2.10. The molecule has 1 aromatic heterocycles. The fraction of sp³-hybridized carbons (Fsp3) is 0.133. The van der Waals surface area contributed by atoms with Gasteiger partial charge in [0.2, 0.25) is 0 Å². The molecule has 0 atom stereocenters. The summed E-state index contributed by atoms with van der Waals surface area (Å²) in [5.74, 6) is 6.45. The van der Waals surface area contributed by atoms with Gasteiger partial charge in [-0.05, 0) is 83.8 Å². The summed E-state index contributed by atoms with van der Waals surface area (Å²) in [7, 11) is 0. The topological polar surface area (TPSA) is 73.6 Å². The zero-order valence-electron chi connectivity index (χ0n) is 20.2. The van der Waals surface area contributed by atoms with Crippen molar-refractivity contribution >= 4 is 23.1 Å². The predicted octanol–water partition coefficient (Wildman–Crippen LogP) is 5.87. The molecule has 1 N–H and O–H groups in total. The SMILES string of the molecule is Cc1cc(OC/C=C(/c2ccc(Cl)cc2)c2ccc(C#CCn3cccn3)cc2)ccc1OCC(=O)O. The van der Waals surface area contributed by atoms with E-state index in [9.17, 15) is 4.79 Å². The maximum atomic E-state index is 10.7. The number of benzene rings is 3. The van der Waals surface area contributed by atoms with E-state index in [1.807, 2.05) is 79.9 Å².